The van der Waals surface area contributed by atoms with E-state index in [1.807, 2.05) is 0 Å². The lowest BCUT2D eigenvalue weighted by atomic mass is 9.81. The van der Waals surface area contributed by atoms with E-state index in [9.17, 15) is 13.2 Å². The molecule has 2 saturated heterocycles. The molecule has 0 aromatic carbocycles. The topological polar surface area (TPSA) is 78.5 Å². The first-order valence-electron chi connectivity index (χ1n) is 8.95. The summed E-state index contributed by atoms with van der Waals surface area (Å²) in [5, 5.41) is 6.36. The second-order valence-corrected chi connectivity index (χ2v) is 10.7. The number of rotatable bonds is 6. The van der Waals surface area contributed by atoms with Gasteiger partial charge in [0.25, 0.3) is 10.0 Å². The summed E-state index contributed by atoms with van der Waals surface area (Å²) < 4.78 is 27.0. The number of hydrogen-bond donors (Lipinski definition) is 2. The van der Waals surface area contributed by atoms with Gasteiger partial charge in [-0.05, 0) is 56.3 Å². The molecule has 0 bridgehead atoms. The van der Waals surface area contributed by atoms with Gasteiger partial charge in [-0.3, -0.25) is 4.79 Å². The monoisotopic (exact) mass is 385 g/mol. The molecule has 0 spiro atoms. The summed E-state index contributed by atoms with van der Waals surface area (Å²) >= 11 is 1.22. The number of nitrogens with one attached hydrogen (secondary N) is 2. The fourth-order valence-electron chi connectivity index (χ4n) is 3.39. The van der Waals surface area contributed by atoms with E-state index >= 15 is 0 Å². The third kappa shape index (κ3) is 4.61. The first kappa shape index (κ1) is 18.8. The van der Waals surface area contributed by atoms with Gasteiger partial charge in [-0.25, -0.2) is 8.42 Å². The van der Waals surface area contributed by atoms with Crippen LogP contribution in [0.2, 0.25) is 0 Å². The molecule has 0 radical (unpaired) electrons. The Hall–Kier alpha value is -0.960. The van der Waals surface area contributed by atoms with Gasteiger partial charge in [0.2, 0.25) is 5.91 Å². The number of carbonyl (C=O) groups excluding carboxylic acids is 1. The SMILES string of the molecule is CC1(CNC(=O)Cc2ccc(S(=O)(=O)N3CCCC3)s2)CCNCC1. The molecule has 2 aliphatic heterocycles. The summed E-state index contributed by atoms with van der Waals surface area (Å²) in [5.74, 6) is -0.0354. The van der Waals surface area contributed by atoms with Crippen molar-refractivity contribution in [2.24, 2.45) is 5.41 Å². The Morgan fingerprint density at radius 2 is 1.96 bits per heavy atom. The second-order valence-electron chi connectivity index (χ2n) is 7.35. The highest BCUT2D eigenvalue weighted by atomic mass is 32.2. The van der Waals surface area contributed by atoms with Crippen molar-refractivity contribution in [3.8, 4) is 0 Å². The van der Waals surface area contributed by atoms with Crippen LogP contribution in [-0.2, 0) is 21.2 Å². The van der Waals surface area contributed by atoms with Gasteiger partial charge in [0.15, 0.2) is 0 Å². The predicted molar refractivity (Wildman–Crippen MR) is 99.2 cm³/mol. The van der Waals surface area contributed by atoms with E-state index in [2.05, 4.69) is 17.6 Å². The van der Waals surface area contributed by atoms with Crippen LogP contribution in [-0.4, -0.2) is 51.4 Å². The van der Waals surface area contributed by atoms with Crippen molar-refractivity contribution in [3.05, 3.63) is 17.0 Å². The minimum atomic E-state index is -3.38. The molecule has 25 heavy (non-hydrogen) atoms. The predicted octanol–water partition coefficient (Wildman–Crippen LogP) is 1.58. The molecule has 3 heterocycles. The van der Waals surface area contributed by atoms with Crippen molar-refractivity contribution in [2.45, 2.75) is 43.2 Å². The maximum absolute atomic E-state index is 12.5. The van der Waals surface area contributed by atoms with Crippen molar-refractivity contribution >= 4 is 27.3 Å². The molecule has 0 unspecified atom stereocenters. The van der Waals surface area contributed by atoms with Crippen LogP contribution in [0.3, 0.4) is 0 Å². The van der Waals surface area contributed by atoms with Crippen LogP contribution < -0.4 is 10.6 Å². The first-order chi connectivity index (χ1) is 11.9. The third-order valence-electron chi connectivity index (χ3n) is 5.15. The van der Waals surface area contributed by atoms with Crippen LogP contribution in [0.15, 0.2) is 16.3 Å². The molecule has 1 aromatic rings. The highest BCUT2D eigenvalue weighted by Crippen LogP contribution is 2.28. The molecule has 0 atom stereocenters. The Kier molecular flexibility index (Phi) is 5.82. The van der Waals surface area contributed by atoms with Crippen molar-refractivity contribution in [1.29, 1.82) is 0 Å². The van der Waals surface area contributed by atoms with Crippen LogP contribution >= 0.6 is 11.3 Å². The van der Waals surface area contributed by atoms with E-state index in [1.54, 1.807) is 16.4 Å². The van der Waals surface area contributed by atoms with Gasteiger partial charge in [-0.15, -0.1) is 11.3 Å². The Morgan fingerprint density at radius 3 is 2.64 bits per heavy atom. The quantitative estimate of drug-likeness (QED) is 0.779. The first-order valence-corrected chi connectivity index (χ1v) is 11.2. The van der Waals surface area contributed by atoms with Gasteiger partial charge in [0.1, 0.15) is 4.21 Å². The number of amides is 1. The van der Waals surface area contributed by atoms with Crippen molar-refractivity contribution in [3.63, 3.8) is 0 Å². The zero-order chi connectivity index (χ0) is 17.9. The Morgan fingerprint density at radius 1 is 1.28 bits per heavy atom. The van der Waals surface area contributed by atoms with E-state index in [-0.39, 0.29) is 17.7 Å². The highest BCUT2D eigenvalue weighted by Gasteiger charge is 2.29. The van der Waals surface area contributed by atoms with Gasteiger partial charge in [-0.2, -0.15) is 4.31 Å². The molecule has 2 fully saturated rings. The zero-order valence-electron chi connectivity index (χ0n) is 14.7. The molecule has 6 nitrogen and oxygen atoms in total. The Labute approximate surface area is 154 Å². The number of hydrogen-bond acceptors (Lipinski definition) is 5. The minimum absolute atomic E-state index is 0.0354. The van der Waals surface area contributed by atoms with Gasteiger partial charge in [0, 0.05) is 24.5 Å². The van der Waals surface area contributed by atoms with Gasteiger partial charge >= 0.3 is 0 Å². The number of thiophene rings is 1. The van der Waals surface area contributed by atoms with Crippen LogP contribution in [0, 0.1) is 5.41 Å². The van der Waals surface area contributed by atoms with E-state index in [4.69, 9.17) is 0 Å². The van der Waals surface area contributed by atoms with Gasteiger partial charge < -0.3 is 10.6 Å². The fraction of sp³-hybridized carbons (Fsp3) is 0.706. The largest absolute Gasteiger partial charge is 0.355 e. The summed E-state index contributed by atoms with van der Waals surface area (Å²) in [5.41, 5.74) is 0.153. The fourth-order valence-corrected chi connectivity index (χ4v) is 6.41. The average Bonchev–Trinajstić information content (AvgIpc) is 3.26. The van der Waals surface area contributed by atoms with Gasteiger partial charge in [-0.1, -0.05) is 6.92 Å². The van der Waals surface area contributed by atoms with Gasteiger partial charge in [0.05, 0.1) is 6.42 Å². The molecule has 1 aromatic heterocycles. The third-order valence-corrected chi connectivity index (χ3v) is 8.61. The number of piperidine rings is 1. The molecule has 140 valence electrons. The molecule has 2 N–H and O–H groups in total. The number of carbonyl (C=O) groups is 1. The summed E-state index contributed by atoms with van der Waals surface area (Å²) in [6.07, 6.45) is 4.21. The Bertz CT molecular complexity index is 702. The van der Waals surface area contributed by atoms with Crippen molar-refractivity contribution < 1.29 is 13.2 Å². The molecule has 0 aliphatic carbocycles. The summed E-state index contributed by atoms with van der Waals surface area (Å²) in [6, 6.07) is 3.40. The van der Waals surface area contributed by atoms with Crippen molar-refractivity contribution in [1.82, 2.24) is 14.9 Å². The summed E-state index contributed by atoms with van der Waals surface area (Å²) in [4.78, 5) is 13.0. The lowest BCUT2D eigenvalue weighted by Crippen LogP contribution is -2.43. The standard InChI is InChI=1S/C17H27N3O3S2/c1-17(6-8-18-9-7-17)13-19-15(21)12-14-4-5-16(24-14)25(22,23)20-10-2-3-11-20/h4-5,18H,2-3,6-13H2,1H3,(H,19,21). The maximum Gasteiger partial charge on any atom is 0.252 e. The summed E-state index contributed by atoms with van der Waals surface area (Å²) in [6.45, 7) is 6.08. The molecule has 8 heteroatoms. The van der Waals surface area contributed by atoms with Crippen LogP contribution in [0.25, 0.3) is 0 Å². The summed E-state index contributed by atoms with van der Waals surface area (Å²) in [7, 11) is -3.38. The lowest BCUT2D eigenvalue weighted by molar-refractivity contribution is -0.121. The van der Waals surface area contributed by atoms with E-state index < -0.39 is 10.0 Å². The second kappa shape index (κ2) is 7.73. The Balaban J connectivity index is 1.55. The molecule has 3 rings (SSSR count). The maximum atomic E-state index is 12.5. The normalized spacial score (nSPS) is 21.3. The van der Waals surface area contributed by atoms with Crippen molar-refractivity contribution in [2.75, 3.05) is 32.7 Å². The van der Waals surface area contributed by atoms with E-state index in [1.165, 1.54) is 11.3 Å². The zero-order valence-corrected chi connectivity index (χ0v) is 16.3. The number of sulfonamides is 1. The molecule has 1 amide bonds. The minimum Gasteiger partial charge on any atom is -0.355 e. The van der Waals surface area contributed by atoms with Crippen LogP contribution in [0.5, 0.6) is 0 Å². The molecular formula is C17H27N3O3S2. The van der Waals surface area contributed by atoms with Crippen LogP contribution in [0.4, 0.5) is 0 Å². The molecular weight excluding hydrogens is 358 g/mol. The van der Waals surface area contributed by atoms with E-state index in [0.717, 1.165) is 43.6 Å². The van der Waals surface area contributed by atoms with E-state index in [0.29, 0.717) is 23.8 Å². The molecule has 0 saturated carbocycles. The molecule has 2 aliphatic rings. The smallest absolute Gasteiger partial charge is 0.252 e. The highest BCUT2D eigenvalue weighted by molar-refractivity contribution is 7.91. The average molecular weight is 386 g/mol. The van der Waals surface area contributed by atoms with Crippen LogP contribution in [0.1, 0.15) is 37.5 Å². The lowest BCUT2D eigenvalue weighted by Gasteiger charge is -2.34. The number of nitrogens with zero attached hydrogens (tertiary/aromatic N) is 1.